The maximum atomic E-state index is 12.0. The van der Waals surface area contributed by atoms with E-state index in [2.05, 4.69) is 17.1 Å². The van der Waals surface area contributed by atoms with E-state index in [1.54, 1.807) is 0 Å². The van der Waals surface area contributed by atoms with Gasteiger partial charge in [0.05, 0.1) is 0 Å². The van der Waals surface area contributed by atoms with Crippen molar-refractivity contribution in [3.05, 3.63) is 0 Å². The van der Waals surface area contributed by atoms with Gasteiger partial charge in [0.25, 0.3) is 0 Å². The van der Waals surface area contributed by atoms with E-state index in [1.165, 1.54) is 17.7 Å². The second kappa shape index (κ2) is 6.23. The maximum Gasteiger partial charge on any atom is 0.326 e. The highest BCUT2D eigenvalue weighted by Crippen LogP contribution is 2.17. The molecule has 0 bridgehead atoms. The molecule has 0 aliphatic carbocycles. The van der Waals surface area contributed by atoms with E-state index in [-0.39, 0.29) is 6.03 Å². The Morgan fingerprint density at radius 3 is 2.58 bits per heavy atom. The fourth-order valence-electron chi connectivity index (χ4n) is 2.91. The minimum Gasteiger partial charge on any atom is -0.480 e. The van der Waals surface area contributed by atoms with Crippen LogP contribution in [0.15, 0.2) is 0 Å². The molecule has 0 radical (unpaired) electrons. The first-order valence-corrected chi connectivity index (χ1v) is 7.11. The Morgan fingerprint density at radius 1 is 1.26 bits per heavy atom. The largest absolute Gasteiger partial charge is 0.480 e. The molecule has 2 amide bonds. The number of likely N-dealkylation sites (tertiary alicyclic amines) is 2. The van der Waals surface area contributed by atoms with E-state index in [9.17, 15) is 9.59 Å². The quantitative estimate of drug-likeness (QED) is 0.789. The first-order valence-electron chi connectivity index (χ1n) is 7.11. The van der Waals surface area contributed by atoms with Crippen LogP contribution in [0.3, 0.4) is 0 Å². The molecule has 0 aromatic heterocycles. The van der Waals surface area contributed by atoms with Gasteiger partial charge in [-0.1, -0.05) is 0 Å². The van der Waals surface area contributed by atoms with Crippen LogP contribution in [0.1, 0.15) is 32.6 Å². The van der Waals surface area contributed by atoms with Crippen molar-refractivity contribution >= 4 is 12.0 Å². The van der Waals surface area contributed by atoms with E-state index in [4.69, 9.17) is 5.11 Å². The van der Waals surface area contributed by atoms with E-state index < -0.39 is 12.0 Å². The summed E-state index contributed by atoms with van der Waals surface area (Å²) in [6.45, 7) is 5.42. The number of hydrogen-bond donors (Lipinski definition) is 2. The minimum absolute atomic E-state index is 0.240. The molecule has 6 heteroatoms. The zero-order valence-electron chi connectivity index (χ0n) is 11.5. The molecule has 2 N–H and O–H groups in total. The Kier molecular flexibility index (Phi) is 4.63. The number of hydrogen-bond acceptors (Lipinski definition) is 3. The van der Waals surface area contributed by atoms with Crippen LogP contribution >= 0.6 is 0 Å². The number of amides is 2. The Bertz CT molecular complexity index is 342. The summed E-state index contributed by atoms with van der Waals surface area (Å²) in [4.78, 5) is 26.8. The number of nitrogens with one attached hydrogen (secondary N) is 1. The van der Waals surface area contributed by atoms with Crippen LogP contribution in [0.2, 0.25) is 0 Å². The van der Waals surface area contributed by atoms with Crippen LogP contribution in [0, 0.1) is 0 Å². The zero-order chi connectivity index (χ0) is 13.8. The molecule has 2 heterocycles. The molecule has 0 saturated carbocycles. The lowest BCUT2D eigenvalue weighted by atomic mass is 10.2. The smallest absolute Gasteiger partial charge is 0.326 e. The van der Waals surface area contributed by atoms with Crippen molar-refractivity contribution in [2.24, 2.45) is 0 Å². The number of rotatable bonds is 4. The number of carbonyl (C=O) groups is 2. The van der Waals surface area contributed by atoms with Gasteiger partial charge in [-0.25, -0.2) is 9.59 Å². The van der Waals surface area contributed by atoms with E-state index >= 15 is 0 Å². The van der Waals surface area contributed by atoms with E-state index in [0.29, 0.717) is 25.6 Å². The number of carboxylic acid groups (broad SMARTS) is 1. The average molecular weight is 269 g/mol. The summed E-state index contributed by atoms with van der Waals surface area (Å²) in [6, 6.07) is -0.574. The molecule has 6 nitrogen and oxygen atoms in total. The second-order valence-corrected chi connectivity index (χ2v) is 5.47. The van der Waals surface area contributed by atoms with Gasteiger partial charge in [0.2, 0.25) is 0 Å². The van der Waals surface area contributed by atoms with Gasteiger partial charge in [-0.3, -0.25) is 4.90 Å². The molecule has 2 rings (SSSR count). The first-order chi connectivity index (χ1) is 9.09. The monoisotopic (exact) mass is 269 g/mol. The maximum absolute atomic E-state index is 12.0. The van der Waals surface area contributed by atoms with E-state index in [0.717, 1.165) is 19.5 Å². The topological polar surface area (TPSA) is 72.9 Å². The normalized spacial score (nSPS) is 25.5. The van der Waals surface area contributed by atoms with Crippen LogP contribution in [0.5, 0.6) is 0 Å². The Hall–Kier alpha value is -1.30. The predicted molar refractivity (Wildman–Crippen MR) is 71.0 cm³/mol. The summed E-state index contributed by atoms with van der Waals surface area (Å²) in [6.07, 6.45) is 3.79. The lowest BCUT2D eigenvalue weighted by Gasteiger charge is -2.26. The van der Waals surface area contributed by atoms with Gasteiger partial charge < -0.3 is 15.3 Å². The number of aliphatic carboxylic acids is 1. The highest BCUT2D eigenvalue weighted by Gasteiger charge is 2.34. The number of nitrogens with zero attached hydrogens (tertiary/aromatic N) is 2. The molecule has 1 unspecified atom stereocenters. The lowest BCUT2D eigenvalue weighted by Crippen LogP contribution is -2.49. The Labute approximate surface area is 113 Å². The summed E-state index contributed by atoms with van der Waals surface area (Å²) >= 11 is 0. The van der Waals surface area contributed by atoms with Gasteiger partial charge >= 0.3 is 12.0 Å². The van der Waals surface area contributed by atoms with Crippen LogP contribution < -0.4 is 5.32 Å². The molecule has 19 heavy (non-hydrogen) atoms. The SMILES string of the molecule is CC(CNC(=O)N1CCC[C@@H]1C(=O)O)N1CCCC1. The van der Waals surface area contributed by atoms with Crippen molar-refractivity contribution in [3.63, 3.8) is 0 Å². The van der Waals surface area contributed by atoms with Crippen LogP contribution in [0.4, 0.5) is 4.79 Å². The second-order valence-electron chi connectivity index (χ2n) is 5.47. The van der Waals surface area contributed by atoms with Crippen LogP contribution in [0.25, 0.3) is 0 Å². The first kappa shape index (κ1) is 14.1. The number of urea groups is 1. The molecule has 0 aromatic carbocycles. The fraction of sp³-hybridized carbons (Fsp3) is 0.846. The van der Waals surface area contributed by atoms with Crippen molar-refractivity contribution in [1.82, 2.24) is 15.1 Å². The minimum atomic E-state index is -0.903. The summed E-state index contributed by atoms with van der Waals surface area (Å²) in [7, 11) is 0. The predicted octanol–water partition coefficient (Wildman–Crippen LogP) is 0.729. The van der Waals surface area contributed by atoms with Gasteiger partial charge in [0.1, 0.15) is 6.04 Å². The van der Waals surface area contributed by atoms with Crippen molar-refractivity contribution in [2.45, 2.75) is 44.7 Å². The fourth-order valence-corrected chi connectivity index (χ4v) is 2.91. The number of carboxylic acids is 1. The third kappa shape index (κ3) is 3.37. The zero-order valence-corrected chi connectivity index (χ0v) is 11.5. The molecule has 2 aliphatic rings. The standard InChI is InChI=1S/C13H23N3O3/c1-10(15-6-2-3-7-15)9-14-13(19)16-8-4-5-11(16)12(17)18/h10-11H,2-9H2,1H3,(H,14,19)(H,17,18)/t10?,11-/m1/s1. The van der Waals surface area contributed by atoms with E-state index in [1.807, 2.05) is 0 Å². The van der Waals surface area contributed by atoms with Crippen LogP contribution in [-0.2, 0) is 4.79 Å². The summed E-state index contributed by atoms with van der Waals surface area (Å²) in [5.74, 6) is -0.903. The molecule has 2 saturated heterocycles. The number of carbonyl (C=O) groups excluding carboxylic acids is 1. The third-order valence-electron chi connectivity index (χ3n) is 4.11. The summed E-state index contributed by atoms with van der Waals surface area (Å²) in [5.41, 5.74) is 0. The van der Waals surface area contributed by atoms with Crippen molar-refractivity contribution in [3.8, 4) is 0 Å². The summed E-state index contributed by atoms with van der Waals surface area (Å²) < 4.78 is 0. The van der Waals surface area contributed by atoms with Gasteiger partial charge in [0.15, 0.2) is 0 Å². The van der Waals surface area contributed by atoms with Crippen LogP contribution in [-0.4, -0.2) is 65.2 Å². The van der Waals surface area contributed by atoms with Crippen molar-refractivity contribution in [2.75, 3.05) is 26.2 Å². The lowest BCUT2D eigenvalue weighted by molar-refractivity contribution is -0.141. The molecule has 0 aromatic rings. The molecule has 0 spiro atoms. The highest BCUT2D eigenvalue weighted by atomic mass is 16.4. The van der Waals surface area contributed by atoms with Gasteiger partial charge in [-0.2, -0.15) is 0 Å². The van der Waals surface area contributed by atoms with Gasteiger partial charge in [0, 0.05) is 19.1 Å². The molecule has 108 valence electrons. The van der Waals surface area contributed by atoms with Crippen molar-refractivity contribution < 1.29 is 14.7 Å². The molecular weight excluding hydrogens is 246 g/mol. The van der Waals surface area contributed by atoms with Gasteiger partial charge in [-0.05, 0) is 45.7 Å². The molecule has 2 fully saturated rings. The third-order valence-corrected chi connectivity index (χ3v) is 4.11. The highest BCUT2D eigenvalue weighted by molar-refractivity contribution is 5.83. The van der Waals surface area contributed by atoms with Gasteiger partial charge in [-0.15, -0.1) is 0 Å². The summed E-state index contributed by atoms with van der Waals surface area (Å²) in [5, 5.41) is 11.9. The molecule has 2 atom stereocenters. The molecular formula is C13H23N3O3. The van der Waals surface area contributed by atoms with Crippen molar-refractivity contribution in [1.29, 1.82) is 0 Å². The molecule has 2 aliphatic heterocycles. The average Bonchev–Trinajstić information content (AvgIpc) is 3.04. The Morgan fingerprint density at radius 2 is 1.95 bits per heavy atom. The Balaban J connectivity index is 1.78.